The van der Waals surface area contributed by atoms with Crippen LogP contribution in [0.4, 0.5) is 0 Å². The van der Waals surface area contributed by atoms with Crippen LogP contribution in [-0.4, -0.2) is 73.4 Å². The van der Waals surface area contributed by atoms with E-state index in [4.69, 9.17) is 29.8 Å². The van der Waals surface area contributed by atoms with Crippen LogP contribution in [0.5, 0.6) is 0 Å². The molecule has 0 aromatic heterocycles. The lowest BCUT2D eigenvalue weighted by Crippen LogP contribution is -2.53. The predicted octanol–water partition coefficient (Wildman–Crippen LogP) is 0.786. The van der Waals surface area contributed by atoms with Crippen LogP contribution in [0, 0.1) is 0 Å². The van der Waals surface area contributed by atoms with Crippen molar-refractivity contribution in [3.05, 3.63) is 12.1 Å². The van der Waals surface area contributed by atoms with Crippen molar-refractivity contribution in [1.29, 1.82) is 0 Å². The zero-order chi connectivity index (χ0) is 26.4. The summed E-state index contributed by atoms with van der Waals surface area (Å²) in [5.74, 6) is -4.76. The second-order valence-electron chi connectivity index (χ2n) is 6.89. The van der Waals surface area contributed by atoms with Crippen LogP contribution in [0.25, 0.3) is 0 Å². The van der Waals surface area contributed by atoms with Crippen LogP contribution in [0.3, 0.4) is 0 Å². The molecule has 0 saturated carbocycles. The van der Waals surface area contributed by atoms with Crippen LogP contribution < -0.4 is 0 Å². The first kappa shape index (κ1) is 27.6. The lowest BCUT2D eigenvalue weighted by Gasteiger charge is -2.35. The smallest absolute Gasteiger partial charge is 0.303 e. The second kappa shape index (κ2) is 14.6. The van der Waals surface area contributed by atoms with E-state index in [1.54, 1.807) is 0 Å². The molecule has 0 saturated heterocycles. The molecule has 0 N–H and O–H groups in total. The van der Waals surface area contributed by atoms with Gasteiger partial charge in [0.1, 0.15) is 19.3 Å². The summed E-state index contributed by atoms with van der Waals surface area (Å²) in [6.45, 7) is 6.38. The molecule has 0 aliphatic heterocycles. The number of carbonyl (C=O) groups is 6. The maximum Gasteiger partial charge on any atom is 0.303 e. The molecule has 4 atom stereocenters. The molecule has 0 aliphatic rings. The first-order chi connectivity index (χ1) is 15.8. The Hall–Kier alpha value is -3.44. The topological polar surface area (TPSA) is 158 Å². The summed E-state index contributed by atoms with van der Waals surface area (Å²) in [6, 6.07) is 0. The van der Waals surface area contributed by atoms with E-state index in [1.807, 2.05) is 0 Å². The van der Waals surface area contributed by atoms with E-state index in [2.05, 4.69) is 0 Å². The number of hydrogen-bond donors (Lipinski definition) is 0. The van der Waals surface area contributed by atoms with Crippen LogP contribution >= 0.6 is 0 Å². The van der Waals surface area contributed by atoms with Gasteiger partial charge in [-0.05, 0) is 5.57 Å². The van der Waals surface area contributed by atoms with Crippen molar-refractivity contribution < 1.29 is 58.6 Å². The minimum atomic E-state index is -1.59. The molecule has 0 unspecified atom stereocenters. The third-order valence-corrected chi connectivity index (χ3v) is 3.67. The van der Waals surface area contributed by atoms with Gasteiger partial charge in [0.2, 0.25) is 0 Å². The van der Waals surface area contributed by atoms with E-state index in [9.17, 15) is 28.8 Å². The van der Waals surface area contributed by atoms with Gasteiger partial charge in [-0.25, -0.2) is 0 Å². The Bertz CT molecular complexity index is 791. The van der Waals surface area contributed by atoms with Crippen molar-refractivity contribution in [2.45, 2.75) is 72.4 Å². The van der Waals surface area contributed by atoms with Crippen molar-refractivity contribution in [2.24, 2.45) is 0 Å². The standard InChI is InChI=1S/C21H30O12/c1-11(9-28-12(2)22)8-18(30-14(4)24)20(32-16(6)26)21(33-17(7)27)19(31-15(5)25)10-29-13(3)23/h18-21H,1,8-10H2,2-7H3/t18-,19+,20+,21+/m0/s1/i1D. The van der Waals surface area contributed by atoms with Gasteiger partial charge < -0.3 is 28.4 Å². The summed E-state index contributed by atoms with van der Waals surface area (Å²) in [5, 5.41) is 0. The molecule has 0 radical (unpaired) electrons. The molecular formula is C21H30O12. The molecule has 0 spiro atoms. The molecule has 0 aromatic rings. The molecule has 12 heteroatoms. The van der Waals surface area contributed by atoms with E-state index in [1.165, 1.54) is 0 Å². The van der Waals surface area contributed by atoms with Crippen molar-refractivity contribution in [3.63, 3.8) is 0 Å². The minimum Gasteiger partial charge on any atom is -0.462 e. The molecule has 0 amide bonds. The molecule has 0 bridgehead atoms. The quantitative estimate of drug-likeness (QED) is 0.210. The van der Waals surface area contributed by atoms with Gasteiger partial charge in [-0.3, -0.25) is 28.8 Å². The fourth-order valence-corrected chi connectivity index (χ4v) is 2.65. The van der Waals surface area contributed by atoms with Gasteiger partial charge in [0.25, 0.3) is 0 Å². The first-order valence-corrected chi connectivity index (χ1v) is 9.78. The molecule has 0 heterocycles. The zero-order valence-electron chi connectivity index (χ0n) is 20.4. The van der Waals surface area contributed by atoms with Crippen LogP contribution in [0.2, 0.25) is 0 Å². The van der Waals surface area contributed by atoms with Gasteiger partial charge >= 0.3 is 35.8 Å². The lowest BCUT2D eigenvalue weighted by molar-refractivity contribution is -0.202. The summed E-state index contributed by atoms with van der Waals surface area (Å²) >= 11 is 0. The molecule has 33 heavy (non-hydrogen) atoms. The third-order valence-electron chi connectivity index (χ3n) is 3.67. The summed E-state index contributed by atoms with van der Waals surface area (Å²) in [6.07, 6.45) is -6.28. The highest BCUT2D eigenvalue weighted by Crippen LogP contribution is 2.24. The normalized spacial score (nSPS) is 15.0. The average molecular weight is 475 g/mol. The fourth-order valence-electron chi connectivity index (χ4n) is 2.65. The lowest BCUT2D eigenvalue weighted by atomic mass is 9.97. The Balaban J connectivity index is 6.42. The molecular weight excluding hydrogens is 444 g/mol. The van der Waals surface area contributed by atoms with Gasteiger partial charge in [-0.2, -0.15) is 0 Å². The number of carbonyl (C=O) groups excluding carboxylic acids is 6. The van der Waals surface area contributed by atoms with Gasteiger partial charge in [0.05, 0.1) is 1.37 Å². The van der Waals surface area contributed by atoms with E-state index in [0.717, 1.165) is 48.1 Å². The predicted molar refractivity (Wildman–Crippen MR) is 109 cm³/mol. The zero-order valence-corrected chi connectivity index (χ0v) is 19.4. The Morgan fingerprint density at radius 2 is 1.06 bits per heavy atom. The maximum absolute atomic E-state index is 11.9. The van der Waals surface area contributed by atoms with Crippen LogP contribution in [-0.2, 0) is 57.2 Å². The highest BCUT2D eigenvalue weighted by molar-refractivity contribution is 5.69. The molecule has 0 fully saturated rings. The number of esters is 6. The molecule has 0 aromatic carbocycles. The van der Waals surface area contributed by atoms with Crippen molar-refractivity contribution in [1.82, 2.24) is 0 Å². The van der Waals surface area contributed by atoms with Crippen molar-refractivity contribution in [2.75, 3.05) is 13.2 Å². The van der Waals surface area contributed by atoms with Gasteiger partial charge in [-0.15, -0.1) is 0 Å². The van der Waals surface area contributed by atoms with E-state index in [0.29, 0.717) is 0 Å². The molecule has 0 rings (SSSR count). The second-order valence-corrected chi connectivity index (χ2v) is 6.89. The summed E-state index contributed by atoms with van der Waals surface area (Å²) in [4.78, 5) is 69.7. The Morgan fingerprint density at radius 1 is 0.636 bits per heavy atom. The van der Waals surface area contributed by atoms with Crippen LogP contribution in [0.1, 0.15) is 49.3 Å². The largest absolute Gasteiger partial charge is 0.462 e. The van der Waals surface area contributed by atoms with E-state index in [-0.39, 0.29) is 18.6 Å². The van der Waals surface area contributed by atoms with Gasteiger partial charge in [0.15, 0.2) is 18.3 Å². The van der Waals surface area contributed by atoms with Crippen LogP contribution in [0.15, 0.2) is 12.1 Å². The van der Waals surface area contributed by atoms with Crippen molar-refractivity contribution >= 4 is 35.8 Å². The Kier molecular flexibility index (Phi) is 12.2. The summed E-state index contributed by atoms with van der Waals surface area (Å²) in [5.41, 5.74) is 0.157. The molecule has 12 nitrogen and oxygen atoms in total. The Morgan fingerprint density at radius 3 is 1.45 bits per heavy atom. The highest BCUT2D eigenvalue weighted by Gasteiger charge is 2.44. The number of ether oxygens (including phenoxy) is 6. The highest BCUT2D eigenvalue weighted by atomic mass is 16.6. The Labute approximate surface area is 192 Å². The third kappa shape index (κ3) is 13.6. The fraction of sp³-hybridized carbons (Fsp3) is 0.619. The SMILES string of the molecule is [2H]C=C(COC(C)=O)C[C@H](OC(C)=O)[C@@H](OC(C)=O)[C@H](OC(C)=O)[C@@H](COC(C)=O)OC(C)=O. The number of hydrogen-bond acceptors (Lipinski definition) is 12. The number of rotatable bonds is 13. The van der Waals surface area contributed by atoms with Gasteiger partial charge in [-0.1, -0.05) is 6.55 Å². The van der Waals surface area contributed by atoms with Gasteiger partial charge in [0, 0.05) is 48.0 Å². The van der Waals surface area contributed by atoms with Crippen molar-refractivity contribution in [3.8, 4) is 0 Å². The van der Waals surface area contributed by atoms with E-state index >= 15 is 0 Å². The first-order valence-electron chi connectivity index (χ1n) is 10.4. The van der Waals surface area contributed by atoms with E-state index < -0.39 is 66.8 Å². The summed E-state index contributed by atoms with van der Waals surface area (Å²) < 4.78 is 38.3. The molecule has 0 aliphatic carbocycles. The average Bonchev–Trinajstić information content (AvgIpc) is 2.69. The molecule has 186 valence electrons. The monoisotopic (exact) mass is 475 g/mol. The maximum atomic E-state index is 11.9. The summed E-state index contributed by atoms with van der Waals surface area (Å²) in [7, 11) is 0. The minimum absolute atomic E-state index is 0.157.